The Morgan fingerprint density at radius 2 is 1.54 bits per heavy atom. The zero-order chi connectivity index (χ0) is 19.9. The maximum atomic E-state index is 12.1. The van der Waals surface area contributed by atoms with Crippen molar-refractivity contribution in [2.45, 2.75) is 0 Å². The van der Waals surface area contributed by atoms with E-state index in [1.54, 1.807) is 47.2 Å². The lowest BCUT2D eigenvalue weighted by Crippen LogP contribution is -2.33. The molecule has 0 spiro atoms. The molecule has 2 aromatic heterocycles. The van der Waals surface area contributed by atoms with Crippen molar-refractivity contribution >= 4 is 52.1 Å². The van der Waals surface area contributed by atoms with Crippen molar-refractivity contribution in [2.24, 2.45) is 0 Å². The Morgan fingerprint density at radius 3 is 2.18 bits per heavy atom. The molecule has 0 fully saturated rings. The second-order valence-electron chi connectivity index (χ2n) is 5.44. The molecule has 0 bridgehead atoms. The van der Waals surface area contributed by atoms with Crippen LogP contribution in [0.4, 0.5) is 5.69 Å². The van der Waals surface area contributed by atoms with Gasteiger partial charge in [-0.25, -0.2) is 4.79 Å². The first kappa shape index (κ1) is 19.5. The van der Waals surface area contributed by atoms with E-state index in [-0.39, 0.29) is 11.5 Å². The first-order valence-electron chi connectivity index (χ1n) is 8.02. The fourth-order valence-electron chi connectivity index (χ4n) is 2.17. The van der Waals surface area contributed by atoms with Crippen LogP contribution in [0.3, 0.4) is 0 Å². The zero-order valence-electron chi connectivity index (χ0n) is 14.3. The number of hydrogen-bond acceptors (Lipinski definition) is 7. The van der Waals surface area contributed by atoms with Gasteiger partial charge in [0.1, 0.15) is 0 Å². The lowest BCUT2D eigenvalue weighted by molar-refractivity contribution is -0.123. The molecule has 0 radical (unpaired) electrons. The summed E-state index contributed by atoms with van der Waals surface area (Å²) in [5, 5.41) is 8.33. The molecule has 0 saturated heterocycles. The molecular weight excluding hydrogens is 400 g/mol. The molecule has 28 heavy (non-hydrogen) atoms. The predicted octanol–water partition coefficient (Wildman–Crippen LogP) is 3.18. The molecule has 2 N–H and O–H groups in total. The number of hydrogen-bond donors (Lipinski definition) is 2. The molecule has 3 aromatic rings. The smallest absolute Gasteiger partial charge is 0.338 e. The van der Waals surface area contributed by atoms with E-state index >= 15 is 0 Å². The van der Waals surface area contributed by atoms with Gasteiger partial charge in [-0.1, -0.05) is 18.2 Å². The summed E-state index contributed by atoms with van der Waals surface area (Å²) in [5.74, 6) is -2.30. The van der Waals surface area contributed by atoms with E-state index in [0.717, 1.165) is 0 Å². The summed E-state index contributed by atoms with van der Waals surface area (Å²) in [6.07, 6.45) is 0. The average Bonchev–Trinajstić information content (AvgIpc) is 3.40. The highest BCUT2D eigenvalue weighted by molar-refractivity contribution is 7.12. The highest BCUT2D eigenvalue weighted by atomic mass is 32.1. The lowest BCUT2D eigenvalue weighted by atomic mass is 10.2. The molecule has 1 aromatic carbocycles. The molecule has 0 aliphatic rings. The molecule has 0 aliphatic carbocycles. The highest BCUT2D eigenvalue weighted by Gasteiger charge is 2.15. The first-order chi connectivity index (χ1) is 13.5. The average molecular weight is 414 g/mol. The van der Waals surface area contributed by atoms with E-state index in [1.165, 1.54) is 34.8 Å². The Labute approximate surface area is 168 Å². The van der Waals surface area contributed by atoms with Gasteiger partial charge in [-0.2, -0.15) is 0 Å². The van der Waals surface area contributed by atoms with E-state index in [9.17, 15) is 19.2 Å². The number of benzene rings is 1. The second kappa shape index (κ2) is 9.07. The highest BCUT2D eigenvalue weighted by Crippen LogP contribution is 2.15. The number of anilines is 1. The third kappa shape index (κ3) is 5.12. The Hall–Kier alpha value is -3.30. The summed E-state index contributed by atoms with van der Waals surface area (Å²) in [5.41, 5.74) is 0.589. The molecule has 142 valence electrons. The van der Waals surface area contributed by atoms with Gasteiger partial charge in [0, 0.05) is 5.69 Å². The summed E-state index contributed by atoms with van der Waals surface area (Å²) >= 11 is 2.49. The van der Waals surface area contributed by atoms with Crippen LogP contribution in [0.15, 0.2) is 59.3 Å². The van der Waals surface area contributed by atoms with Crippen LogP contribution in [0.2, 0.25) is 0 Å². The number of ether oxygens (including phenoxy) is 1. The minimum atomic E-state index is -0.744. The van der Waals surface area contributed by atoms with E-state index in [0.29, 0.717) is 15.4 Å². The number of imide groups is 1. The number of carbonyl (C=O) groups is 4. The third-order valence-electron chi connectivity index (χ3n) is 3.43. The van der Waals surface area contributed by atoms with Gasteiger partial charge in [0.15, 0.2) is 6.61 Å². The van der Waals surface area contributed by atoms with Crippen molar-refractivity contribution in [1.29, 1.82) is 0 Å². The van der Waals surface area contributed by atoms with Crippen LogP contribution >= 0.6 is 22.7 Å². The summed E-state index contributed by atoms with van der Waals surface area (Å²) in [6, 6.07) is 12.9. The number of carbonyl (C=O) groups excluding carboxylic acids is 4. The molecule has 9 heteroatoms. The largest absolute Gasteiger partial charge is 0.452 e. The van der Waals surface area contributed by atoms with Gasteiger partial charge in [-0.15, -0.1) is 22.7 Å². The van der Waals surface area contributed by atoms with Gasteiger partial charge >= 0.3 is 5.97 Å². The van der Waals surface area contributed by atoms with Gasteiger partial charge in [0.25, 0.3) is 17.7 Å². The molecule has 7 nitrogen and oxygen atoms in total. The topological polar surface area (TPSA) is 102 Å². The third-order valence-corrected chi connectivity index (χ3v) is 5.17. The molecule has 0 aliphatic heterocycles. The Morgan fingerprint density at radius 1 is 0.857 bits per heavy atom. The summed E-state index contributed by atoms with van der Waals surface area (Å²) in [4.78, 5) is 48.7. The van der Waals surface area contributed by atoms with Crippen LogP contribution < -0.4 is 10.6 Å². The Kier molecular flexibility index (Phi) is 6.30. The minimum Gasteiger partial charge on any atom is -0.452 e. The fourth-order valence-corrected chi connectivity index (χ4v) is 3.41. The molecule has 0 atom stereocenters. The monoisotopic (exact) mass is 414 g/mol. The SMILES string of the molecule is O=C(COC(=O)c1cccc(NC(=O)c2cccs2)c1)NC(=O)c1cccs1. The van der Waals surface area contributed by atoms with Crippen molar-refractivity contribution in [3.05, 3.63) is 74.6 Å². The summed E-state index contributed by atoms with van der Waals surface area (Å²) in [7, 11) is 0. The fraction of sp³-hybridized carbons (Fsp3) is 0.0526. The second-order valence-corrected chi connectivity index (χ2v) is 7.34. The van der Waals surface area contributed by atoms with Crippen LogP contribution in [0.1, 0.15) is 29.7 Å². The van der Waals surface area contributed by atoms with Crippen molar-refractivity contribution in [3.63, 3.8) is 0 Å². The maximum absolute atomic E-state index is 12.1. The van der Waals surface area contributed by atoms with Gasteiger partial charge < -0.3 is 10.1 Å². The molecule has 0 saturated carbocycles. The predicted molar refractivity (Wildman–Crippen MR) is 106 cm³/mol. The standard InChI is InChI=1S/C19H14N2O5S2/c22-16(21-18(24)15-7-3-9-28-15)11-26-19(25)12-4-1-5-13(10-12)20-17(23)14-6-2-8-27-14/h1-10H,11H2,(H,20,23)(H,21,22,24). The van der Waals surface area contributed by atoms with Crippen LogP contribution in [-0.2, 0) is 9.53 Å². The van der Waals surface area contributed by atoms with Gasteiger partial charge in [0.05, 0.1) is 15.3 Å². The number of esters is 1. The molecule has 0 unspecified atom stereocenters. The summed E-state index contributed by atoms with van der Waals surface area (Å²) in [6.45, 7) is -0.596. The molecular formula is C19H14N2O5S2. The van der Waals surface area contributed by atoms with E-state index in [2.05, 4.69) is 10.6 Å². The number of thiophene rings is 2. The number of nitrogens with one attached hydrogen (secondary N) is 2. The maximum Gasteiger partial charge on any atom is 0.338 e. The normalized spacial score (nSPS) is 10.1. The Balaban J connectivity index is 1.53. The van der Waals surface area contributed by atoms with Crippen molar-refractivity contribution < 1.29 is 23.9 Å². The van der Waals surface area contributed by atoms with Gasteiger partial charge in [-0.3, -0.25) is 19.7 Å². The summed E-state index contributed by atoms with van der Waals surface area (Å²) < 4.78 is 4.93. The van der Waals surface area contributed by atoms with E-state index < -0.39 is 24.4 Å². The van der Waals surface area contributed by atoms with E-state index in [4.69, 9.17) is 4.74 Å². The van der Waals surface area contributed by atoms with Crippen molar-refractivity contribution in [2.75, 3.05) is 11.9 Å². The quantitative estimate of drug-likeness (QED) is 0.603. The van der Waals surface area contributed by atoms with Crippen LogP contribution in [-0.4, -0.2) is 30.3 Å². The number of amides is 3. The Bertz CT molecular complexity index is 997. The van der Waals surface area contributed by atoms with Crippen LogP contribution in [0.5, 0.6) is 0 Å². The van der Waals surface area contributed by atoms with Gasteiger partial charge in [0.2, 0.25) is 0 Å². The number of rotatable bonds is 6. The van der Waals surface area contributed by atoms with Crippen LogP contribution in [0.25, 0.3) is 0 Å². The van der Waals surface area contributed by atoms with Crippen molar-refractivity contribution in [3.8, 4) is 0 Å². The molecule has 2 heterocycles. The zero-order valence-corrected chi connectivity index (χ0v) is 16.0. The molecule has 3 amide bonds. The molecule has 3 rings (SSSR count). The van der Waals surface area contributed by atoms with Crippen LogP contribution in [0, 0.1) is 0 Å². The van der Waals surface area contributed by atoms with Crippen molar-refractivity contribution in [1.82, 2.24) is 5.32 Å². The first-order valence-corrected chi connectivity index (χ1v) is 9.78. The van der Waals surface area contributed by atoms with E-state index in [1.807, 2.05) is 0 Å². The minimum absolute atomic E-state index is 0.168. The lowest BCUT2D eigenvalue weighted by Gasteiger charge is -2.07. The van der Waals surface area contributed by atoms with Gasteiger partial charge in [-0.05, 0) is 41.1 Å².